The number of ketones is 1. The van der Waals surface area contributed by atoms with Gasteiger partial charge in [-0.15, -0.1) is 5.10 Å². The summed E-state index contributed by atoms with van der Waals surface area (Å²) in [6, 6.07) is 14.2. The van der Waals surface area contributed by atoms with Crippen LogP contribution in [-0.4, -0.2) is 38.9 Å². The number of aromatic nitrogens is 4. The second kappa shape index (κ2) is 7.46. The minimum absolute atomic E-state index is 0.0168. The SMILES string of the molecule is COc1cccc(-n2nnnc2SCC(=O)c2ccc(Cl)cc2)c1. The second-order valence-corrected chi connectivity index (χ2v) is 6.17. The molecule has 1 heterocycles. The van der Waals surface area contributed by atoms with Crippen molar-refractivity contribution in [3.8, 4) is 11.4 Å². The van der Waals surface area contributed by atoms with Gasteiger partial charge in [0.1, 0.15) is 5.75 Å². The highest BCUT2D eigenvalue weighted by Crippen LogP contribution is 2.22. The van der Waals surface area contributed by atoms with Crippen LogP contribution >= 0.6 is 23.4 Å². The molecule has 0 bridgehead atoms. The van der Waals surface area contributed by atoms with Gasteiger partial charge in [0.2, 0.25) is 5.16 Å². The highest BCUT2D eigenvalue weighted by molar-refractivity contribution is 7.99. The molecule has 0 saturated carbocycles. The zero-order chi connectivity index (χ0) is 16.9. The van der Waals surface area contributed by atoms with Crippen LogP contribution in [0.2, 0.25) is 5.02 Å². The number of tetrazole rings is 1. The van der Waals surface area contributed by atoms with Crippen molar-refractivity contribution in [1.82, 2.24) is 20.2 Å². The molecular weight excluding hydrogens is 348 g/mol. The molecule has 0 spiro atoms. The summed E-state index contributed by atoms with van der Waals surface area (Å²) in [5, 5.41) is 12.8. The first-order valence-corrected chi connectivity index (χ1v) is 8.38. The molecule has 0 radical (unpaired) electrons. The number of methoxy groups -OCH3 is 1. The van der Waals surface area contributed by atoms with E-state index in [9.17, 15) is 4.79 Å². The number of nitrogens with zero attached hydrogens (tertiary/aromatic N) is 4. The number of carbonyl (C=O) groups is 1. The summed E-state index contributed by atoms with van der Waals surface area (Å²) < 4.78 is 6.78. The van der Waals surface area contributed by atoms with Crippen LogP contribution in [-0.2, 0) is 0 Å². The molecule has 3 rings (SSSR count). The smallest absolute Gasteiger partial charge is 0.214 e. The van der Waals surface area contributed by atoms with Crippen molar-refractivity contribution >= 4 is 29.1 Å². The van der Waals surface area contributed by atoms with Crippen molar-refractivity contribution in [3.05, 3.63) is 59.1 Å². The van der Waals surface area contributed by atoms with Crippen molar-refractivity contribution in [1.29, 1.82) is 0 Å². The number of thioether (sulfide) groups is 1. The molecule has 6 nitrogen and oxygen atoms in total. The first kappa shape index (κ1) is 16.5. The Morgan fingerprint density at radius 3 is 2.79 bits per heavy atom. The Labute approximate surface area is 147 Å². The molecule has 0 aliphatic heterocycles. The minimum atomic E-state index is -0.0168. The second-order valence-electron chi connectivity index (χ2n) is 4.79. The van der Waals surface area contributed by atoms with Crippen LogP contribution in [0.25, 0.3) is 5.69 Å². The van der Waals surface area contributed by atoms with Crippen LogP contribution in [0.15, 0.2) is 53.7 Å². The molecule has 0 unspecified atom stereocenters. The van der Waals surface area contributed by atoms with Gasteiger partial charge in [0, 0.05) is 16.7 Å². The molecule has 0 aliphatic rings. The van der Waals surface area contributed by atoms with E-state index in [-0.39, 0.29) is 11.5 Å². The standard InChI is InChI=1S/C16H13ClN4O2S/c1-23-14-4-2-3-13(9-14)21-16(18-19-20-21)24-10-15(22)11-5-7-12(17)8-6-11/h2-9H,10H2,1H3. The van der Waals surface area contributed by atoms with E-state index in [1.807, 2.05) is 24.3 Å². The molecular formula is C16H13ClN4O2S. The van der Waals surface area contributed by atoms with Gasteiger partial charge in [-0.3, -0.25) is 4.79 Å². The molecule has 0 saturated heterocycles. The van der Waals surface area contributed by atoms with Gasteiger partial charge in [0.25, 0.3) is 0 Å². The van der Waals surface area contributed by atoms with Gasteiger partial charge in [0.05, 0.1) is 18.6 Å². The van der Waals surface area contributed by atoms with E-state index in [1.165, 1.54) is 11.8 Å². The van der Waals surface area contributed by atoms with E-state index in [4.69, 9.17) is 16.3 Å². The summed E-state index contributed by atoms with van der Waals surface area (Å²) in [7, 11) is 1.60. The predicted molar refractivity (Wildman–Crippen MR) is 92.2 cm³/mol. The van der Waals surface area contributed by atoms with Crippen LogP contribution in [0, 0.1) is 0 Å². The van der Waals surface area contributed by atoms with Crippen LogP contribution < -0.4 is 4.74 Å². The Kier molecular flexibility index (Phi) is 5.12. The predicted octanol–water partition coefficient (Wildman–Crippen LogP) is 3.30. The largest absolute Gasteiger partial charge is 0.497 e. The van der Waals surface area contributed by atoms with E-state index in [0.717, 1.165) is 5.69 Å². The quantitative estimate of drug-likeness (QED) is 0.496. The van der Waals surface area contributed by atoms with Gasteiger partial charge < -0.3 is 4.74 Å². The van der Waals surface area contributed by atoms with Gasteiger partial charge in [0.15, 0.2) is 5.78 Å². The highest BCUT2D eigenvalue weighted by atomic mass is 35.5. The number of ether oxygens (including phenoxy) is 1. The van der Waals surface area contributed by atoms with Gasteiger partial charge in [-0.05, 0) is 46.8 Å². The fourth-order valence-electron chi connectivity index (χ4n) is 2.02. The fourth-order valence-corrected chi connectivity index (χ4v) is 2.93. The number of hydrogen-bond acceptors (Lipinski definition) is 6. The summed E-state index contributed by atoms with van der Waals surface area (Å²) >= 11 is 7.10. The maximum atomic E-state index is 12.2. The molecule has 3 aromatic rings. The van der Waals surface area contributed by atoms with E-state index in [2.05, 4.69) is 15.5 Å². The van der Waals surface area contributed by atoms with Gasteiger partial charge >= 0.3 is 0 Å². The van der Waals surface area contributed by atoms with E-state index in [1.54, 1.807) is 36.1 Å². The molecule has 24 heavy (non-hydrogen) atoms. The molecule has 0 aliphatic carbocycles. The van der Waals surface area contributed by atoms with Crippen molar-refractivity contribution in [2.24, 2.45) is 0 Å². The van der Waals surface area contributed by atoms with Crippen LogP contribution in [0.1, 0.15) is 10.4 Å². The molecule has 0 fully saturated rings. The lowest BCUT2D eigenvalue weighted by Gasteiger charge is -2.06. The number of benzene rings is 2. The minimum Gasteiger partial charge on any atom is -0.497 e. The Bertz CT molecular complexity index is 851. The summed E-state index contributed by atoms with van der Waals surface area (Å²) in [6.45, 7) is 0. The summed E-state index contributed by atoms with van der Waals surface area (Å²) in [5.41, 5.74) is 1.37. The monoisotopic (exact) mass is 360 g/mol. The Morgan fingerprint density at radius 1 is 1.25 bits per heavy atom. The van der Waals surface area contributed by atoms with Gasteiger partial charge in [-0.1, -0.05) is 29.4 Å². The summed E-state index contributed by atoms with van der Waals surface area (Å²) in [5.74, 6) is 0.916. The van der Waals surface area contributed by atoms with Crippen molar-refractivity contribution in [3.63, 3.8) is 0 Å². The third-order valence-electron chi connectivity index (χ3n) is 3.24. The van der Waals surface area contributed by atoms with E-state index >= 15 is 0 Å². The lowest BCUT2D eigenvalue weighted by molar-refractivity contribution is 0.102. The maximum Gasteiger partial charge on any atom is 0.214 e. The Morgan fingerprint density at radius 2 is 2.04 bits per heavy atom. The van der Waals surface area contributed by atoms with E-state index in [0.29, 0.717) is 21.5 Å². The lowest BCUT2D eigenvalue weighted by atomic mass is 10.1. The first-order chi connectivity index (χ1) is 11.7. The van der Waals surface area contributed by atoms with Crippen molar-refractivity contribution < 1.29 is 9.53 Å². The molecule has 8 heteroatoms. The molecule has 0 N–H and O–H groups in total. The van der Waals surface area contributed by atoms with Crippen molar-refractivity contribution in [2.75, 3.05) is 12.9 Å². The number of halogens is 1. The third-order valence-corrected chi connectivity index (χ3v) is 4.41. The zero-order valence-corrected chi connectivity index (χ0v) is 14.3. The summed E-state index contributed by atoms with van der Waals surface area (Å²) in [6.07, 6.45) is 0. The highest BCUT2D eigenvalue weighted by Gasteiger charge is 2.13. The lowest BCUT2D eigenvalue weighted by Crippen LogP contribution is -2.05. The Hall–Kier alpha value is -2.38. The van der Waals surface area contributed by atoms with Crippen molar-refractivity contribution in [2.45, 2.75) is 5.16 Å². The Balaban J connectivity index is 1.74. The number of Topliss-reactive ketones (excluding diaryl/α,β-unsaturated/α-hetero) is 1. The number of hydrogen-bond donors (Lipinski definition) is 0. The van der Waals surface area contributed by atoms with Crippen LogP contribution in [0.3, 0.4) is 0 Å². The van der Waals surface area contributed by atoms with Crippen LogP contribution in [0.5, 0.6) is 5.75 Å². The summed E-state index contributed by atoms with van der Waals surface area (Å²) in [4.78, 5) is 12.2. The van der Waals surface area contributed by atoms with Gasteiger partial charge in [-0.25, -0.2) is 0 Å². The maximum absolute atomic E-state index is 12.2. The molecule has 122 valence electrons. The molecule has 1 aromatic heterocycles. The molecule has 2 aromatic carbocycles. The average molecular weight is 361 g/mol. The van der Waals surface area contributed by atoms with Crippen LogP contribution in [0.4, 0.5) is 0 Å². The fraction of sp³-hybridized carbons (Fsp3) is 0.125. The number of rotatable bonds is 6. The first-order valence-electron chi connectivity index (χ1n) is 7.02. The normalized spacial score (nSPS) is 10.6. The zero-order valence-electron chi connectivity index (χ0n) is 12.7. The third kappa shape index (κ3) is 3.74. The average Bonchev–Trinajstić information content (AvgIpc) is 3.09. The topological polar surface area (TPSA) is 69.9 Å². The number of carbonyl (C=O) groups excluding carboxylic acids is 1. The molecule has 0 amide bonds. The molecule has 0 atom stereocenters. The van der Waals surface area contributed by atoms with Gasteiger partial charge in [-0.2, -0.15) is 4.68 Å². The van der Waals surface area contributed by atoms with E-state index < -0.39 is 0 Å².